The molecule has 0 atom stereocenters. The summed E-state index contributed by atoms with van der Waals surface area (Å²) in [7, 11) is 4.01. The van der Waals surface area contributed by atoms with Crippen molar-refractivity contribution < 1.29 is 0 Å². The summed E-state index contributed by atoms with van der Waals surface area (Å²) in [6.45, 7) is 1.74. The largest absolute Gasteiger partial charge is 0.325 e. The zero-order valence-electron chi connectivity index (χ0n) is 4.44. The lowest BCUT2D eigenvalue weighted by Crippen LogP contribution is -2.25. The van der Waals surface area contributed by atoms with Gasteiger partial charge in [-0.1, -0.05) is 0 Å². The smallest absolute Gasteiger partial charge is 0.134 e. The predicted octanol–water partition coefficient (Wildman–Crippen LogP) is -0.655. The summed E-state index contributed by atoms with van der Waals surface area (Å²) < 4.78 is 0. The lowest BCUT2D eigenvalue weighted by molar-refractivity contribution is 0.573. The minimum absolute atomic E-state index is 0.757. The first kappa shape index (κ1) is 5.92. The topological polar surface area (TPSA) is 31.9 Å². The van der Waals surface area contributed by atoms with Gasteiger partial charge in [0.15, 0.2) is 0 Å². The molecule has 2 nitrogen and oxygen atoms in total. The van der Waals surface area contributed by atoms with Crippen LogP contribution in [0.3, 0.4) is 0 Å². The third kappa shape index (κ3) is 3.92. The number of rotatable bonds is 2. The van der Waals surface area contributed by atoms with Crippen molar-refractivity contribution in [2.75, 3.05) is 27.2 Å². The van der Waals surface area contributed by atoms with Crippen molar-refractivity contribution in [2.45, 2.75) is 0 Å². The van der Waals surface area contributed by atoms with E-state index in [2.05, 4.69) is 4.90 Å². The van der Waals surface area contributed by atoms with Crippen molar-refractivity contribution >= 4 is 0 Å². The summed E-state index contributed by atoms with van der Waals surface area (Å²) >= 11 is 0. The molecule has 0 unspecified atom stereocenters. The van der Waals surface area contributed by atoms with Gasteiger partial charge in [-0.2, -0.15) is 4.90 Å². The normalized spacial score (nSPS) is 10.0. The van der Waals surface area contributed by atoms with Crippen molar-refractivity contribution in [1.29, 1.82) is 0 Å². The van der Waals surface area contributed by atoms with Gasteiger partial charge in [0.05, 0.1) is 0 Å². The van der Waals surface area contributed by atoms with Crippen LogP contribution in [0.5, 0.6) is 0 Å². The van der Waals surface area contributed by atoms with Gasteiger partial charge in [0.25, 0.3) is 0 Å². The minimum atomic E-state index is 0.757. The van der Waals surface area contributed by atoms with E-state index < -0.39 is 0 Å². The highest BCUT2D eigenvalue weighted by Gasteiger charge is 1.90. The maximum absolute atomic E-state index is 5.19. The molecule has 0 aliphatic rings. The summed E-state index contributed by atoms with van der Waals surface area (Å²) in [5.41, 5.74) is 5.19. The van der Waals surface area contributed by atoms with E-state index in [1.54, 1.807) is 0 Å². The van der Waals surface area contributed by atoms with Crippen LogP contribution in [-0.4, -0.2) is 27.2 Å². The van der Waals surface area contributed by atoms with Crippen LogP contribution in [0.15, 0.2) is 0 Å². The molecule has 0 saturated carbocycles. The van der Waals surface area contributed by atoms with Gasteiger partial charge in [0.1, 0.15) is 20.6 Å². The molecule has 0 spiro atoms. The average molecular weight is 88.2 g/mol. The first-order valence-corrected chi connectivity index (χ1v) is 2.12. The summed E-state index contributed by atoms with van der Waals surface area (Å²) in [6.07, 6.45) is 0. The van der Waals surface area contributed by atoms with Crippen LogP contribution in [0.25, 0.3) is 0 Å². The van der Waals surface area contributed by atoms with Crippen LogP contribution in [0.2, 0.25) is 0 Å². The van der Waals surface area contributed by atoms with Gasteiger partial charge >= 0.3 is 0 Å². The van der Waals surface area contributed by atoms with Crippen LogP contribution in [0.4, 0.5) is 0 Å². The molecular weight excluding hydrogens is 76.1 g/mol. The fraction of sp³-hybridized carbons (Fsp3) is 1.00. The summed E-state index contributed by atoms with van der Waals surface area (Å²) in [5, 5.41) is 0. The Bertz CT molecular complexity index is 26.7. The van der Waals surface area contributed by atoms with E-state index in [4.69, 9.17) is 5.73 Å². The molecule has 6 heavy (non-hydrogen) atoms. The fourth-order valence-electron chi connectivity index (χ4n) is 0.258. The molecule has 37 valence electrons. The first-order chi connectivity index (χ1) is 2.77. The van der Waals surface area contributed by atoms with Gasteiger partial charge in [-0.15, -0.1) is 0 Å². The van der Waals surface area contributed by atoms with Gasteiger partial charge in [-0.3, -0.25) is 0 Å². The molecule has 0 aromatic heterocycles. The SMILES string of the molecule is C[N+](C)CCN. The van der Waals surface area contributed by atoms with E-state index in [1.165, 1.54) is 0 Å². The predicted molar refractivity (Wildman–Crippen MR) is 27.9 cm³/mol. The van der Waals surface area contributed by atoms with Crippen molar-refractivity contribution in [1.82, 2.24) is 4.90 Å². The first-order valence-electron chi connectivity index (χ1n) is 2.12. The Hall–Kier alpha value is -0.0800. The molecule has 2 heteroatoms. The Labute approximate surface area is 38.9 Å². The van der Waals surface area contributed by atoms with E-state index in [0.29, 0.717) is 0 Å². The molecule has 0 aromatic rings. The molecule has 0 amide bonds. The highest BCUT2D eigenvalue weighted by Crippen LogP contribution is 1.58. The van der Waals surface area contributed by atoms with E-state index in [1.807, 2.05) is 14.1 Å². The number of nitrogens with zero attached hydrogens (tertiary/aromatic N) is 1. The quantitative estimate of drug-likeness (QED) is 0.447. The molecule has 0 bridgehead atoms. The maximum Gasteiger partial charge on any atom is 0.134 e. The summed E-state index contributed by atoms with van der Waals surface area (Å²) in [5.74, 6) is 0. The number of nitrogens with two attached hydrogens (primary N) is 1. The molecule has 0 aliphatic carbocycles. The van der Waals surface area contributed by atoms with E-state index >= 15 is 0 Å². The highest BCUT2D eigenvalue weighted by atomic mass is 15.1. The highest BCUT2D eigenvalue weighted by molar-refractivity contribution is 4.45. The molecule has 0 saturated heterocycles. The molecule has 0 aromatic carbocycles. The van der Waals surface area contributed by atoms with E-state index in [0.717, 1.165) is 13.1 Å². The Morgan fingerprint density at radius 2 is 2.00 bits per heavy atom. The second-order valence-electron chi connectivity index (χ2n) is 1.59. The third-order valence-electron chi connectivity index (χ3n) is 0.576. The number of hydrogen-bond donors (Lipinski definition) is 1. The summed E-state index contributed by atoms with van der Waals surface area (Å²) in [4.78, 5) is 2.06. The van der Waals surface area contributed by atoms with Gasteiger partial charge in [-0.25, -0.2) is 0 Å². The van der Waals surface area contributed by atoms with Crippen LogP contribution < -0.4 is 10.6 Å². The average Bonchev–Trinajstić information content (AvgIpc) is 1.35. The van der Waals surface area contributed by atoms with Crippen molar-refractivity contribution in [3.8, 4) is 0 Å². The minimum Gasteiger partial charge on any atom is -0.325 e. The van der Waals surface area contributed by atoms with Crippen LogP contribution >= 0.6 is 0 Å². The van der Waals surface area contributed by atoms with Crippen LogP contribution in [-0.2, 0) is 0 Å². The molecule has 0 heterocycles. The van der Waals surface area contributed by atoms with Crippen molar-refractivity contribution in [3.63, 3.8) is 0 Å². The maximum atomic E-state index is 5.19. The van der Waals surface area contributed by atoms with Gasteiger partial charge < -0.3 is 5.73 Å². The fourth-order valence-corrected chi connectivity index (χ4v) is 0.258. The Morgan fingerprint density at radius 1 is 1.50 bits per heavy atom. The van der Waals surface area contributed by atoms with Crippen LogP contribution in [0.1, 0.15) is 0 Å². The van der Waals surface area contributed by atoms with Gasteiger partial charge in [-0.05, 0) is 0 Å². The Morgan fingerprint density at radius 3 is 2.00 bits per heavy atom. The zero-order chi connectivity index (χ0) is 4.99. The summed E-state index contributed by atoms with van der Waals surface area (Å²) in [6, 6.07) is 0. The number of hydrogen-bond acceptors (Lipinski definition) is 2. The molecule has 0 aliphatic heterocycles. The number of likely N-dealkylation sites (N-methyl/N-ethyl adjacent to an activating group) is 1. The molecular formula is C4H12N2+. The van der Waals surface area contributed by atoms with Crippen molar-refractivity contribution in [3.05, 3.63) is 0 Å². The Kier molecular flexibility index (Phi) is 3.08. The second kappa shape index (κ2) is 3.12. The van der Waals surface area contributed by atoms with E-state index in [-0.39, 0.29) is 0 Å². The van der Waals surface area contributed by atoms with Crippen LogP contribution in [0, 0.1) is 0 Å². The zero-order valence-corrected chi connectivity index (χ0v) is 4.44. The standard InChI is InChI=1S/C4H12N2/c1-6(2)4-3-5/h3-5H2,1-2H3/q+1. The van der Waals surface area contributed by atoms with E-state index in [9.17, 15) is 0 Å². The monoisotopic (exact) mass is 88.1 g/mol. The molecule has 2 N–H and O–H groups in total. The van der Waals surface area contributed by atoms with Gasteiger partial charge in [0.2, 0.25) is 0 Å². The lowest BCUT2D eigenvalue weighted by Gasteiger charge is -1.92. The van der Waals surface area contributed by atoms with Crippen molar-refractivity contribution in [2.24, 2.45) is 5.73 Å². The lowest BCUT2D eigenvalue weighted by atomic mass is 10.6. The molecule has 1 radical (unpaired) electrons. The Balaban J connectivity index is 2.63. The molecule has 0 rings (SSSR count). The third-order valence-corrected chi connectivity index (χ3v) is 0.576. The molecule has 0 fully saturated rings. The van der Waals surface area contributed by atoms with Gasteiger partial charge in [0, 0.05) is 6.54 Å². The second-order valence-corrected chi connectivity index (χ2v) is 1.59.